The molecule has 4 unspecified atom stereocenters. The van der Waals surface area contributed by atoms with E-state index in [4.69, 9.17) is 14.0 Å². The Kier molecular flexibility index (Phi) is 14.0. The lowest BCUT2D eigenvalue weighted by molar-refractivity contribution is -0.212. The lowest BCUT2D eigenvalue weighted by atomic mass is 9.43. The smallest absolute Gasteiger partial charge is 0.307 e. The van der Waals surface area contributed by atoms with Crippen molar-refractivity contribution in [3.63, 3.8) is 0 Å². The number of aliphatic hydroxyl groups is 3. The molecule has 8 aliphatic carbocycles. The number of hydrogen-bond donors (Lipinski definition) is 5. The Balaban J connectivity index is 0.865. The molecule has 8 saturated carbocycles. The van der Waals surface area contributed by atoms with Crippen LogP contribution in [0.5, 0.6) is 0 Å². The molecular formula is C51H85NO10S. The zero-order valence-electron chi connectivity index (χ0n) is 39.6. The van der Waals surface area contributed by atoms with Gasteiger partial charge in [-0.2, -0.15) is 8.42 Å². The number of nitrogens with one attached hydrogen (secondary N) is 1. The molecule has 8 rings (SSSR count). The third kappa shape index (κ3) is 9.09. The Labute approximate surface area is 379 Å². The first kappa shape index (κ1) is 48.2. The Hall–Kier alpha value is -1.31. The zero-order chi connectivity index (χ0) is 45.3. The van der Waals surface area contributed by atoms with Crippen LogP contribution in [0.1, 0.15) is 170 Å². The average Bonchev–Trinajstić information content (AvgIpc) is 3.76. The van der Waals surface area contributed by atoms with Crippen molar-refractivity contribution in [2.45, 2.75) is 194 Å². The van der Waals surface area contributed by atoms with Crippen LogP contribution in [0, 0.1) is 92.7 Å². The van der Waals surface area contributed by atoms with Gasteiger partial charge in [-0.05, 0) is 208 Å². The Morgan fingerprint density at radius 1 is 0.651 bits per heavy atom. The molecule has 0 heterocycles. The first-order valence-electron chi connectivity index (χ1n) is 25.7. The second-order valence-electron chi connectivity index (χ2n) is 24.3. The van der Waals surface area contributed by atoms with Crippen LogP contribution in [0.15, 0.2) is 0 Å². The highest BCUT2D eigenvalue weighted by Crippen LogP contribution is 2.70. The molecule has 5 N–H and O–H groups in total. The van der Waals surface area contributed by atoms with Gasteiger partial charge in [-0.3, -0.25) is 14.1 Å². The number of carbonyl (C=O) groups excluding carboxylic acids is 2. The van der Waals surface area contributed by atoms with E-state index in [-0.39, 0.29) is 71.3 Å². The van der Waals surface area contributed by atoms with Crippen molar-refractivity contribution in [3.05, 3.63) is 0 Å². The largest absolute Gasteiger partial charge is 0.438 e. The second kappa shape index (κ2) is 18.3. The summed E-state index contributed by atoms with van der Waals surface area (Å²) in [5.74, 6) is 4.24. The quantitative estimate of drug-likeness (QED) is 0.0647. The van der Waals surface area contributed by atoms with Gasteiger partial charge in [0, 0.05) is 19.4 Å². The molecule has 8 fully saturated rings. The molecule has 0 spiro atoms. The molecule has 8 aliphatic rings. The minimum Gasteiger partial charge on any atom is -0.438 e. The van der Waals surface area contributed by atoms with Gasteiger partial charge in [0.15, 0.2) is 6.79 Å². The van der Waals surface area contributed by atoms with Gasteiger partial charge in [-0.15, -0.1) is 0 Å². The van der Waals surface area contributed by atoms with Gasteiger partial charge in [0.2, 0.25) is 5.91 Å². The van der Waals surface area contributed by atoms with Crippen LogP contribution in [0.3, 0.4) is 0 Å². The molecule has 63 heavy (non-hydrogen) atoms. The lowest BCUT2D eigenvalue weighted by Gasteiger charge is -2.63. The molecule has 0 aromatic rings. The van der Waals surface area contributed by atoms with E-state index in [0.717, 1.165) is 109 Å². The highest BCUT2D eigenvalue weighted by molar-refractivity contribution is 7.85. The number of ether oxygens (including phenoxy) is 2. The summed E-state index contributed by atoms with van der Waals surface area (Å²) >= 11 is 0. The Morgan fingerprint density at radius 3 is 1.71 bits per heavy atom. The molecule has 11 nitrogen and oxygen atoms in total. The number of amides is 1. The number of rotatable bonds is 14. The van der Waals surface area contributed by atoms with Gasteiger partial charge in [0.1, 0.15) is 0 Å². The number of hydrogen-bond acceptors (Lipinski definition) is 9. The summed E-state index contributed by atoms with van der Waals surface area (Å²) in [5, 5.41) is 35.7. The molecule has 20 atom stereocenters. The molecule has 1 amide bonds. The van der Waals surface area contributed by atoms with E-state index in [0.29, 0.717) is 83.9 Å². The summed E-state index contributed by atoms with van der Waals surface area (Å²) in [6.07, 6.45) is 17.7. The monoisotopic (exact) mass is 904 g/mol. The number of fused-ring (bicyclic) bond motifs is 10. The van der Waals surface area contributed by atoms with Gasteiger partial charge in [-0.1, -0.05) is 41.5 Å². The maximum atomic E-state index is 13.5. The van der Waals surface area contributed by atoms with E-state index in [1.807, 2.05) is 0 Å². The van der Waals surface area contributed by atoms with Gasteiger partial charge < -0.3 is 30.1 Å². The number of aliphatic hydroxyl groups excluding tert-OH is 3. The molecule has 0 bridgehead atoms. The van der Waals surface area contributed by atoms with Crippen LogP contribution in [0.4, 0.5) is 0 Å². The maximum Gasteiger partial charge on any atom is 0.307 e. The third-order valence-electron chi connectivity index (χ3n) is 21.6. The number of esters is 1. The highest BCUT2D eigenvalue weighted by Gasteiger charge is 2.65. The van der Waals surface area contributed by atoms with Gasteiger partial charge in [0.25, 0.3) is 10.1 Å². The fraction of sp³-hybridized carbons (Fsp3) is 0.961. The summed E-state index contributed by atoms with van der Waals surface area (Å²) < 4.78 is 44.0. The lowest BCUT2D eigenvalue weighted by Crippen LogP contribution is -2.59. The molecule has 0 saturated heterocycles. The third-order valence-corrected chi connectivity index (χ3v) is 22.3. The fourth-order valence-electron chi connectivity index (χ4n) is 18.3. The van der Waals surface area contributed by atoms with E-state index >= 15 is 0 Å². The summed E-state index contributed by atoms with van der Waals surface area (Å²) in [7, 11) is -4.12. The topological polar surface area (TPSA) is 180 Å². The molecule has 0 aromatic heterocycles. The van der Waals surface area contributed by atoms with Gasteiger partial charge in [-0.25, -0.2) is 0 Å². The van der Waals surface area contributed by atoms with Crippen molar-refractivity contribution in [2.75, 3.05) is 19.1 Å². The Bertz CT molecular complexity index is 1760. The normalized spacial score (nSPS) is 47.7. The van der Waals surface area contributed by atoms with E-state index in [1.54, 1.807) is 0 Å². The highest BCUT2D eigenvalue weighted by atomic mass is 32.2. The summed E-state index contributed by atoms with van der Waals surface area (Å²) in [6, 6.07) is 0. The predicted molar refractivity (Wildman–Crippen MR) is 241 cm³/mol. The van der Waals surface area contributed by atoms with Crippen LogP contribution in [0.25, 0.3) is 0 Å². The molecule has 360 valence electrons. The first-order valence-corrected chi connectivity index (χ1v) is 27.3. The fourth-order valence-corrected chi connectivity index (χ4v) is 18.6. The van der Waals surface area contributed by atoms with Crippen molar-refractivity contribution in [1.29, 1.82) is 0 Å². The van der Waals surface area contributed by atoms with Crippen molar-refractivity contribution in [1.82, 2.24) is 5.32 Å². The minimum absolute atomic E-state index is 0.0377. The van der Waals surface area contributed by atoms with Crippen molar-refractivity contribution in [2.24, 2.45) is 92.7 Å². The molecule has 0 aliphatic heterocycles. The summed E-state index contributed by atoms with van der Waals surface area (Å²) in [5.41, 5.74) is 0.619. The zero-order valence-corrected chi connectivity index (χ0v) is 40.5. The van der Waals surface area contributed by atoms with E-state index in [9.17, 15) is 33.3 Å². The second-order valence-corrected chi connectivity index (χ2v) is 25.9. The average molecular weight is 904 g/mol. The standard InChI is InChI=1S/C51H85NO10S/c1-30(7-13-44(56)52-23-24-63(58,59)60)36-10-12-39-47-41(18-22-51(36,39)6)49(4)20-16-35(54)26-33(49)28-43(47)61-29-62-45(57)14-8-31(2)37-9-11-38-46-40(17-21-50(37,38)5)48(3)19-15-34(53)25-32(48)27-42(46)55/h30-43,46-47,53-55H,7-29H2,1-6H3,(H,52,56)(H,58,59,60)/t30-,31+,32?,33?,34+,35-,36-,37+,38?,39?,40-,41+,42-,43+,46-,47+,48-,49+,50+,51-/m1/s1. The molecular weight excluding hydrogens is 819 g/mol. The van der Waals surface area contributed by atoms with Crippen LogP contribution in [0.2, 0.25) is 0 Å². The van der Waals surface area contributed by atoms with E-state index in [1.165, 1.54) is 6.42 Å². The molecule has 0 radical (unpaired) electrons. The van der Waals surface area contributed by atoms with Crippen LogP contribution in [-0.2, 0) is 29.2 Å². The van der Waals surface area contributed by atoms with Gasteiger partial charge >= 0.3 is 5.97 Å². The van der Waals surface area contributed by atoms with Crippen molar-refractivity contribution in [3.8, 4) is 0 Å². The summed E-state index contributed by atoms with van der Waals surface area (Å²) in [6.45, 7) is 14.4. The minimum atomic E-state index is -4.12. The van der Waals surface area contributed by atoms with Crippen LogP contribution < -0.4 is 5.32 Å². The van der Waals surface area contributed by atoms with E-state index < -0.39 is 15.9 Å². The summed E-state index contributed by atoms with van der Waals surface area (Å²) in [4.78, 5) is 26.1. The van der Waals surface area contributed by atoms with E-state index in [2.05, 4.69) is 46.9 Å². The van der Waals surface area contributed by atoms with Gasteiger partial charge in [0.05, 0.1) is 30.2 Å². The molecule has 0 aromatic carbocycles. The van der Waals surface area contributed by atoms with Crippen molar-refractivity contribution >= 4 is 22.0 Å². The predicted octanol–water partition coefficient (Wildman–Crippen LogP) is 8.33. The van der Waals surface area contributed by atoms with Crippen LogP contribution in [-0.4, -0.2) is 83.7 Å². The van der Waals surface area contributed by atoms with Crippen LogP contribution >= 0.6 is 0 Å². The van der Waals surface area contributed by atoms with Crippen molar-refractivity contribution < 1.29 is 47.4 Å². The SMILES string of the molecule is C[C@H](CCC(=O)NCCS(=O)(=O)O)[C@H]1CCC2[C@@H]3[C@@H](OCOC(=O)CC[C@H](C)[C@@H]4CCC5[C@H]6[C@H](O)CC7C[C@@H](O)CC[C@@]7(C)[C@@H]6CC[C@]54C)CC4C[C@H](O)CC[C@]4(C)[C@H]3CC[C@@]21C. The Morgan fingerprint density at radius 2 is 1.14 bits per heavy atom. The first-order chi connectivity index (χ1) is 29.7. The number of carbonyl (C=O) groups is 2. The maximum absolute atomic E-state index is 13.5. The molecule has 12 heteroatoms.